The Labute approximate surface area is 164 Å². The number of benzene rings is 3. The molecule has 0 aliphatic carbocycles. The number of carbonyl (C=O) groups is 1. The lowest BCUT2D eigenvalue weighted by Gasteiger charge is -2.12. The van der Waals surface area contributed by atoms with Crippen molar-refractivity contribution in [1.29, 1.82) is 0 Å². The zero-order valence-corrected chi connectivity index (χ0v) is 16.3. The third-order valence-electron chi connectivity index (χ3n) is 3.97. The van der Waals surface area contributed by atoms with Gasteiger partial charge in [0.05, 0.1) is 4.90 Å². The second kappa shape index (κ2) is 8.24. The van der Waals surface area contributed by atoms with Crippen LogP contribution in [0, 0.1) is 0 Å². The van der Waals surface area contributed by atoms with Gasteiger partial charge in [-0.05, 0) is 54.6 Å². The van der Waals surface area contributed by atoms with Gasteiger partial charge < -0.3 is 10.1 Å². The molecule has 0 fully saturated rings. The quantitative estimate of drug-likeness (QED) is 0.684. The van der Waals surface area contributed by atoms with E-state index in [1.54, 1.807) is 36.4 Å². The standard InChI is InChI=1S/C21H20N2O4S/c1-23(2)28(25,26)20-10-6-7-16(15-20)21(24)22-17-11-13-19(14-12-17)27-18-8-4-3-5-9-18/h3-15H,1-2H3,(H,22,24). The molecule has 0 radical (unpaired) electrons. The summed E-state index contributed by atoms with van der Waals surface area (Å²) in [7, 11) is -0.713. The van der Waals surface area contributed by atoms with Gasteiger partial charge in [0.2, 0.25) is 10.0 Å². The average Bonchev–Trinajstić information content (AvgIpc) is 2.70. The van der Waals surface area contributed by atoms with Crippen LogP contribution in [0.4, 0.5) is 5.69 Å². The number of sulfonamides is 1. The Hall–Kier alpha value is -3.16. The third-order valence-corrected chi connectivity index (χ3v) is 5.78. The maximum absolute atomic E-state index is 12.5. The summed E-state index contributed by atoms with van der Waals surface area (Å²) in [6.07, 6.45) is 0. The number of nitrogens with zero attached hydrogens (tertiary/aromatic N) is 1. The summed E-state index contributed by atoms with van der Waals surface area (Å²) in [6.45, 7) is 0. The maximum atomic E-state index is 12.5. The van der Waals surface area contributed by atoms with Crippen molar-refractivity contribution in [1.82, 2.24) is 4.31 Å². The number of amides is 1. The topological polar surface area (TPSA) is 75.7 Å². The molecule has 0 unspecified atom stereocenters. The minimum Gasteiger partial charge on any atom is -0.457 e. The normalized spacial score (nSPS) is 11.2. The van der Waals surface area contributed by atoms with Gasteiger partial charge in [-0.1, -0.05) is 24.3 Å². The van der Waals surface area contributed by atoms with Gasteiger partial charge in [0.15, 0.2) is 0 Å². The number of rotatable bonds is 6. The highest BCUT2D eigenvalue weighted by Gasteiger charge is 2.18. The monoisotopic (exact) mass is 396 g/mol. The van der Waals surface area contributed by atoms with Crippen LogP contribution in [-0.4, -0.2) is 32.7 Å². The van der Waals surface area contributed by atoms with E-state index in [2.05, 4.69) is 5.32 Å². The lowest BCUT2D eigenvalue weighted by Crippen LogP contribution is -2.22. The second-order valence-electron chi connectivity index (χ2n) is 6.21. The van der Waals surface area contributed by atoms with Crippen LogP contribution < -0.4 is 10.1 Å². The maximum Gasteiger partial charge on any atom is 0.255 e. The molecule has 1 N–H and O–H groups in total. The highest BCUT2D eigenvalue weighted by atomic mass is 32.2. The van der Waals surface area contributed by atoms with Crippen LogP contribution in [0.5, 0.6) is 11.5 Å². The molecule has 3 rings (SSSR count). The SMILES string of the molecule is CN(C)S(=O)(=O)c1cccc(C(=O)Nc2ccc(Oc3ccccc3)cc2)c1. The molecule has 7 heteroatoms. The van der Waals surface area contributed by atoms with Crippen molar-refractivity contribution < 1.29 is 17.9 Å². The summed E-state index contributed by atoms with van der Waals surface area (Å²) in [6, 6.07) is 22.2. The molecule has 0 bridgehead atoms. The van der Waals surface area contributed by atoms with Crippen LogP contribution in [0.25, 0.3) is 0 Å². The average molecular weight is 396 g/mol. The highest BCUT2D eigenvalue weighted by molar-refractivity contribution is 7.89. The smallest absolute Gasteiger partial charge is 0.255 e. The lowest BCUT2D eigenvalue weighted by molar-refractivity contribution is 0.102. The predicted octanol–water partition coefficient (Wildman–Crippen LogP) is 3.98. The number of carbonyl (C=O) groups excluding carboxylic acids is 1. The zero-order chi connectivity index (χ0) is 20.1. The van der Waals surface area contributed by atoms with E-state index in [4.69, 9.17) is 4.74 Å². The summed E-state index contributed by atoms with van der Waals surface area (Å²) in [5.41, 5.74) is 0.832. The van der Waals surface area contributed by atoms with Gasteiger partial charge in [-0.2, -0.15) is 0 Å². The van der Waals surface area contributed by atoms with Crippen LogP contribution in [0.1, 0.15) is 10.4 Å². The van der Waals surface area contributed by atoms with Crippen LogP contribution in [-0.2, 0) is 10.0 Å². The molecular weight excluding hydrogens is 376 g/mol. The first kappa shape index (κ1) is 19.6. The van der Waals surface area contributed by atoms with Gasteiger partial charge in [-0.3, -0.25) is 4.79 Å². The number of hydrogen-bond donors (Lipinski definition) is 1. The van der Waals surface area contributed by atoms with Gasteiger partial charge in [0, 0.05) is 25.3 Å². The van der Waals surface area contributed by atoms with E-state index in [9.17, 15) is 13.2 Å². The van der Waals surface area contributed by atoms with Gasteiger partial charge in [-0.25, -0.2) is 12.7 Å². The second-order valence-corrected chi connectivity index (χ2v) is 8.36. The first-order valence-electron chi connectivity index (χ1n) is 8.53. The zero-order valence-electron chi connectivity index (χ0n) is 15.5. The number of anilines is 1. The molecule has 0 aliphatic heterocycles. The molecule has 3 aromatic rings. The van der Waals surface area contributed by atoms with Crippen LogP contribution in [0.15, 0.2) is 83.8 Å². The minimum atomic E-state index is -3.60. The Morgan fingerprint density at radius 1 is 0.857 bits per heavy atom. The van der Waals surface area contributed by atoms with E-state index in [0.29, 0.717) is 11.4 Å². The summed E-state index contributed by atoms with van der Waals surface area (Å²) in [5, 5.41) is 2.75. The molecular formula is C21H20N2O4S. The van der Waals surface area contributed by atoms with Crippen LogP contribution in [0.3, 0.4) is 0 Å². The van der Waals surface area contributed by atoms with E-state index in [-0.39, 0.29) is 10.5 Å². The van der Waals surface area contributed by atoms with E-state index < -0.39 is 15.9 Å². The fraction of sp³-hybridized carbons (Fsp3) is 0.0952. The van der Waals surface area contributed by atoms with E-state index in [0.717, 1.165) is 10.1 Å². The molecule has 3 aromatic carbocycles. The third kappa shape index (κ3) is 4.57. The van der Waals surface area contributed by atoms with Crippen molar-refractivity contribution in [2.75, 3.05) is 19.4 Å². The molecule has 0 aliphatic rings. The van der Waals surface area contributed by atoms with Crippen molar-refractivity contribution in [3.8, 4) is 11.5 Å². The Morgan fingerprint density at radius 3 is 2.14 bits per heavy atom. The van der Waals surface area contributed by atoms with Gasteiger partial charge >= 0.3 is 0 Å². The Balaban J connectivity index is 1.71. The fourth-order valence-corrected chi connectivity index (χ4v) is 3.39. The molecule has 1 amide bonds. The van der Waals surface area contributed by atoms with E-state index >= 15 is 0 Å². The largest absolute Gasteiger partial charge is 0.457 e. The van der Waals surface area contributed by atoms with Gasteiger partial charge in [0.1, 0.15) is 11.5 Å². The van der Waals surface area contributed by atoms with Crippen molar-refractivity contribution >= 4 is 21.6 Å². The Kier molecular flexibility index (Phi) is 5.77. The fourth-order valence-electron chi connectivity index (χ4n) is 2.44. The van der Waals surface area contributed by atoms with Crippen LogP contribution in [0.2, 0.25) is 0 Å². The number of para-hydroxylation sites is 1. The Morgan fingerprint density at radius 2 is 1.50 bits per heavy atom. The summed E-state index contributed by atoms with van der Waals surface area (Å²) in [5.74, 6) is 0.967. The number of hydrogen-bond acceptors (Lipinski definition) is 4. The van der Waals surface area contributed by atoms with Gasteiger partial charge in [0.25, 0.3) is 5.91 Å². The first-order chi connectivity index (χ1) is 13.4. The van der Waals surface area contributed by atoms with Crippen molar-refractivity contribution in [2.45, 2.75) is 4.90 Å². The Bertz CT molecular complexity index is 1060. The highest BCUT2D eigenvalue weighted by Crippen LogP contribution is 2.23. The van der Waals surface area contributed by atoms with E-state index in [1.165, 1.54) is 26.2 Å². The lowest BCUT2D eigenvalue weighted by atomic mass is 10.2. The summed E-state index contributed by atoms with van der Waals surface area (Å²) >= 11 is 0. The summed E-state index contributed by atoms with van der Waals surface area (Å²) < 4.78 is 31.3. The molecule has 28 heavy (non-hydrogen) atoms. The predicted molar refractivity (Wildman–Crippen MR) is 108 cm³/mol. The number of nitrogens with one attached hydrogen (secondary N) is 1. The molecule has 6 nitrogen and oxygen atoms in total. The molecule has 0 atom stereocenters. The molecule has 0 heterocycles. The van der Waals surface area contributed by atoms with Crippen molar-refractivity contribution in [2.24, 2.45) is 0 Å². The molecule has 0 spiro atoms. The van der Waals surface area contributed by atoms with Gasteiger partial charge in [-0.15, -0.1) is 0 Å². The molecule has 0 saturated heterocycles. The minimum absolute atomic E-state index is 0.0664. The van der Waals surface area contributed by atoms with Crippen molar-refractivity contribution in [3.05, 3.63) is 84.4 Å². The molecule has 0 aromatic heterocycles. The number of ether oxygens (including phenoxy) is 1. The van der Waals surface area contributed by atoms with E-state index in [1.807, 2.05) is 30.3 Å². The summed E-state index contributed by atoms with van der Waals surface area (Å²) in [4.78, 5) is 12.6. The van der Waals surface area contributed by atoms with Crippen LogP contribution >= 0.6 is 0 Å². The first-order valence-corrected chi connectivity index (χ1v) is 9.97. The van der Waals surface area contributed by atoms with Crippen molar-refractivity contribution in [3.63, 3.8) is 0 Å². The molecule has 144 valence electrons. The molecule has 0 saturated carbocycles.